The van der Waals surface area contributed by atoms with Gasteiger partial charge in [0.15, 0.2) is 0 Å². The molecule has 0 bridgehead atoms. The third-order valence-corrected chi connectivity index (χ3v) is 3.30. The molecule has 0 amide bonds. The van der Waals surface area contributed by atoms with Crippen LogP contribution in [0.3, 0.4) is 0 Å². The Balaban J connectivity index is 2.40. The summed E-state index contributed by atoms with van der Waals surface area (Å²) < 4.78 is 1.53. The first-order valence-electron chi connectivity index (χ1n) is 6.47. The third kappa shape index (κ3) is 3.46. The summed E-state index contributed by atoms with van der Waals surface area (Å²) in [6.07, 6.45) is 0. The predicted octanol–water partition coefficient (Wildman–Crippen LogP) is 2.43. The van der Waals surface area contributed by atoms with E-state index < -0.39 is 0 Å². The summed E-state index contributed by atoms with van der Waals surface area (Å²) in [4.78, 5) is 14.1. The molecule has 1 aromatic carbocycles. The molecule has 0 spiro atoms. The molecule has 20 heavy (non-hydrogen) atoms. The average molecular weight is 292 g/mol. The maximum absolute atomic E-state index is 12.1. The van der Waals surface area contributed by atoms with Crippen molar-refractivity contribution < 1.29 is 0 Å². The SMILES string of the molecule is Cc1cc(-c2ccc(Cl)cc2)nn(CCN(C)C)c1=O. The van der Waals surface area contributed by atoms with E-state index in [0.29, 0.717) is 17.1 Å². The molecule has 0 radical (unpaired) electrons. The first-order valence-corrected chi connectivity index (χ1v) is 6.84. The van der Waals surface area contributed by atoms with Crippen LogP contribution in [0.4, 0.5) is 0 Å². The first kappa shape index (κ1) is 14.8. The lowest BCUT2D eigenvalue weighted by molar-refractivity contribution is 0.367. The molecule has 106 valence electrons. The van der Waals surface area contributed by atoms with Crippen LogP contribution >= 0.6 is 11.6 Å². The van der Waals surface area contributed by atoms with E-state index in [1.165, 1.54) is 4.68 Å². The molecule has 0 N–H and O–H groups in total. The van der Waals surface area contributed by atoms with Crippen LogP contribution in [0, 0.1) is 6.92 Å². The van der Waals surface area contributed by atoms with E-state index in [1.807, 2.05) is 56.3 Å². The lowest BCUT2D eigenvalue weighted by Crippen LogP contribution is -2.30. The van der Waals surface area contributed by atoms with Gasteiger partial charge < -0.3 is 4.90 Å². The minimum absolute atomic E-state index is 0.0374. The predicted molar refractivity (Wildman–Crippen MR) is 82.2 cm³/mol. The smallest absolute Gasteiger partial charge is 0.269 e. The summed E-state index contributed by atoms with van der Waals surface area (Å²) in [5.41, 5.74) is 2.40. The highest BCUT2D eigenvalue weighted by Gasteiger charge is 2.07. The Labute approximate surface area is 123 Å². The summed E-state index contributed by atoms with van der Waals surface area (Å²) in [5.74, 6) is 0. The van der Waals surface area contributed by atoms with E-state index in [4.69, 9.17) is 11.6 Å². The molecule has 1 heterocycles. The number of nitrogens with zero attached hydrogens (tertiary/aromatic N) is 3. The van der Waals surface area contributed by atoms with Crippen molar-refractivity contribution in [2.45, 2.75) is 13.5 Å². The molecule has 0 fully saturated rings. The summed E-state index contributed by atoms with van der Waals surface area (Å²) in [6, 6.07) is 9.28. The number of rotatable bonds is 4. The fourth-order valence-corrected chi connectivity index (χ4v) is 2.01. The van der Waals surface area contributed by atoms with Crippen molar-refractivity contribution >= 4 is 11.6 Å². The van der Waals surface area contributed by atoms with Gasteiger partial charge in [-0.25, -0.2) is 4.68 Å². The summed E-state index contributed by atoms with van der Waals surface area (Å²) in [7, 11) is 3.95. The molecule has 0 atom stereocenters. The second-order valence-electron chi connectivity index (χ2n) is 5.05. The number of hydrogen-bond acceptors (Lipinski definition) is 3. The molecule has 0 unspecified atom stereocenters. The molecule has 0 aliphatic heterocycles. The topological polar surface area (TPSA) is 38.1 Å². The number of halogens is 1. The van der Waals surface area contributed by atoms with Gasteiger partial charge in [-0.1, -0.05) is 23.7 Å². The fourth-order valence-electron chi connectivity index (χ4n) is 1.88. The number of hydrogen-bond donors (Lipinski definition) is 0. The van der Waals surface area contributed by atoms with Crippen molar-refractivity contribution in [1.29, 1.82) is 0 Å². The standard InChI is InChI=1S/C15H18ClN3O/c1-11-10-14(12-4-6-13(16)7-5-12)17-19(15(11)20)9-8-18(2)3/h4-7,10H,8-9H2,1-3H3. The zero-order valence-corrected chi connectivity index (χ0v) is 12.7. The molecule has 1 aromatic heterocycles. The minimum atomic E-state index is -0.0374. The van der Waals surface area contributed by atoms with Crippen molar-refractivity contribution in [1.82, 2.24) is 14.7 Å². The van der Waals surface area contributed by atoms with Crippen LogP contribution in [0.1, 0.15) is 5.56 Å². The number of aromatic nitrogens is 2. The van der Waals surface area contributed by atoms with Crippen LogP contribution in [-0.2, 0) is 6.54 Å². The normalized spacial score (nSPS) is 11.1. The van der Waals surface area contributed by atoms with Crippen molar-refractivity contribution in [3.63, 3.8) is 0 Å². The number of benzene rings is 1. The zero-order valence-electron chi connectivity index (χ0n) is 11.9. The fraction of sp³-hybridized carbons (Fsp3) is 0.333. The molecular weight excluding hydrogens is 274 g/mol. The summed E-state index contributed by atoms with van der Waals surface area (Å²) in [6.45, 7) is 3.17. The third-order valence-electron chi connectivity index (χ3n) is 3.05. The quantitative estimate of drug-likeness (QED) is 0.868. The molecule has 4 nitrogen and oxygen atoms in total. The van der Waals surface area contributed by atoms with Gasteiger partial charge in [0.2, 0.25) is 0 Å². The van der Waals surface area contributed by atoms with Gasteiger partial charge in [0, 0.05) is 22.7 Å². The van der Waals surface area contributed by atoms with Crippen LogP contribution in [0.15, 0.2) is 35.1 Å². The second-order valence-corrected chi connectivity index (χ2v) is 5.49. The molecule has 0 aliphatic carbocycles. The molecule has 0 saturated heterocycles. The Hall–Kier alpha value is -1.65. The van der Waals surface area contributed by atoms with E-state index in [9.17, 15) is 4.79 Å². The van der Waals surface area contributed by atoms with Crippen LogP contribution in [-0.4, -0.2) is 35.3 Å². The van der Waals surface area contributed by atoms with Gasteiger partial charge in [0.05, 0.1) is 12.2 Å². The molecular formula is C15H18ClN3O. The molecule has 5 heteroatoms. The van der Waals surface area contributed by atoms with E-state index in [1.54, 1.807) is 0 Å². The Kier molecular flexibility index (Phi) is 4.57. The monoisotopic (exact) mass is 291 g/mol. The largest absolute Gasteiger partial charge is 0.308 e. The highest BCUT2D eigenvalue weighted by atomic mass is 35.5. The lowest BCUT2D eigenvalue weighted by Gasteiger charge is -2.12. The van der Waals surface area contributed by atoms with Gasteiger partial charge in [-0.05, 0) is 39.2 Å². The molecule has 0 aliphatic rings. The van der Waals surface area contributed by atoms with Gasteiger partial charge in [-0.2, -0.15) is 5.10 Å². The van der Waals surface area contributed by atoms with Gasteiger partial charge in [0.1, 0.15) is 0 Å². The van der Waals surface area contributed by atoms with E-state index in [0.717, 1.165) is 17.8 Å². The van der Waals surface area contributed by atoms with Crippen molar-refractivity contribution in [3.05, 3.63) is 51.3 Å². The summed E-state index contributed by atoms with van der Waals surface area (Å²) >= 11 is 5.89. The van der Waals surface area contributed by atoms with Gasteiger partial charge in [0.25, 0.3) is 5.56 Å². The van der Waals surface area contributed by atoms with Crippen molar-refractivity contribution in [3.8, 4) is 11.3 Å². The maximum Gasteiger partial charge on any atom is 0.269 e. The first-order chi connectivity index (χ1) is 9.47. The van der Waals surface area contributed by atoms with Crippen molar-refractivity contribution in [2.24, 2.45) is 0 Å². The molecule has 0 saturated carbocycles. The van der Waals surface area contributed by atoms with Gasteiger partial charge in [-0.3, -0.25) is 4.79 Å². The Bertz CT molecular complexity index is 647. The van der Waals surface area contributed by atoms with E-state index in [2.05, 4.69) is 5.10 Å². The maximum atomic E-state index is 12.1. The van der Waals surface area contributed by atoms with Crippen LogP contribution in [0.5, 0.6) is 0 Å². The van der Waals surface area contributed by atoms with E-state index >= 15 is 0 Å². The lowest BCUT2D eigenvalue weighted by atomic mass is 10.1. The van der Waals surface area contributed by atoms with Gasteiger partial charge >= 0.3 is 0 Å². The molecule has 2 rings (SSSR count). The molecule has 2 aromatic rings. The Morgan fingerprint density at radius 1 is 1.25 bits per heavy atom. The number of likely N-dealkylation sites (N-methyl/N-ethyl adjacent to an activating group) is 1. The zero-order chi connectivity index (χ0) is 14.7. The van der Waals surface area contributed by atoms with Gasteiger partial charge in [-0.15, -0.1) is 0 Å². The summed E-state index contributed by atoms with van der Waals surface area (Å²) in [5, 5.41) is 5.13. The highest BCUT2D eigenvalue weighted by Crippen LogP contribution is 2.19. The number of aryl methyl sites for hydroxylation is 1. The van der Waals surface area contributed by atoms with Crippen LogP contribution in [0.25, 0.3) is 11.3 Å². The second kappa shape index (κ2) is 6.20. The van der Waals surface area contributed by atoms with Crippen LogP contribution < -0.4 is 5.56 Å². The highest BCUT2D eigenvalue weighted by molar-refractivity contribution is 6.30. The van der Waals surface area contributed by atoms with E-state index in [-0.39, 0.29) is 5.56 Å². The minimum Gasteiger partial charge on any atom is -0.308 e. The Morgan fingerprint density at radius 2 is 1.90 bits per heavy atom. The average Bonchev–Trinajstić information content (AvgIpc) is 2.41. The van der Waals surface area contributed by atoms with Crippen LogP contribution in [0.2, 0.25) is 5.02 Å². The van der Waals surface area contributed by atoms with Crippen molar-refractivity contribution in [2.75, 3.05) is 20.6 Å². The Morgan fingerprint density at radius 3 is 2.50 bits per heavy atom.